The number of imidazole rings is 1. The van der Waals surface area contributed by atoms with Gasteiger partial charge in [0.1, 0.15) is 5.82 Å². The van der Waals surface area contributed by atoms with Crippen LogP contribution in [0.3, 0.4) is 0 Å². The van der Waals surface area contributed by atoms with Gasteiger partial charge in [0.05, 0.1) is 17.6 Å². The lowest BCUT2D eigenvalue weighted by atomic mass is 10.1. The number of benzene rings is 2. The molecule has 3 rings (SSSR count). The predicted octanol–water partition coefficient (Wildman–Crippen LogP) is 2.97. The zero-order valence-corrected chi connectivity index (χ0v) is 11.9. The standard InChI is InChI=1S/C18H16N2O/c1-20-17-8-3-2-7-16(17)19-18(20)15-11-9-14(10-12-15)6-4-5-13-21/h2-3,7-12,21H,5,13H2,1H3. The minimum atomic E-state index is 0.102. The highest BCUT2D eigenvalue weighted by atomic mass is 16.2. The first-order chi connectivity index (χ1) is 10.3. The molecule has 0 aliphatic rings. The molecule has 0 fully saturated rings. The van der Waals surface area contributed by atoms with Gasteiger partial charge in [0.2, 0.25) is 0 Å². The molecule has 1 aromatic heterocycles. The highest BCUT2D eigenvalue weighted by Crippen LogP contribution is 2.23. The highest BCUT2D eigenvalue weighted by molar-refractivity contribution is 5.80. The third-order valence-corrected chi connectivity index (χ3v) is 3.40. The fourth-order valence-corrected chi connectivity index (χ4v) is 2.33. The molecular weight excluding hydrogens is 260 g/mol. The number of hydrogen-bond acceptors (Lipinski definition) is 2. The molecule has 21 heavy (non-hydrogen) atoms. The number of rotatable bonds is 2. The summed E-state index contributed by atoms with van der Waals surface area (Å²) >= 11 is 0. The van der Waals surface area contributed by atoms with Crippen molar-refractivity contribution in [1.82, 2.24) is 9.55 Å². The quantitative estimate of drug-likeness (QED) is 0.731. The van der Waals surface area contributed by atoms with Crippen molar-refractivity contribution in [3.05, 3.63) is 54.1 Å². The monoisotopic (exact) mass is 276 g/mol. The van der Waals surface area contributed by atoms with Crippen LogP contribution in [0.25, 0.3) is 22.4 Å². The Morgan fingerprint density at radius 2 is 1.86 bits per heavy atom. The summed E-state index contributed by atoms with van der Waals surface area (Å²) in [6.07, 6.45) is 0.506. The Hall–Kier alpha value is -2.57. The smallest absolute Gasteiger partial charge is 0.140 e. The largest absolute Gasteiger partial charge is 0.395 e. The first kappa shape index (κ1) is 13.4. The van der Waals surface area contributed by atoms with Gasteiger partial charge in [-0.15, -0.1) is 0 Å². The summed E-state index contributed by atoms with van der Waals surface area (Å²) in [5, 5.41) is 8.72. The lowest BCUT2D eigenvalue weighted by molar-refractivity contribution is 0.305. The van der Waals surface area contributed by atoms with Crippen LogP contribution < -0.4 is 0 Å². The molecule has 3 heteroatoms. The molecule has 0 atom stereocenters. The average Bonchev–Trinajstić information content (AvgIpc) is 2.86. The molecule has 0 amide bonds. The Morgan fingerprint density at radius 3 is 2.57 bits per heavy atom. The van der Waals surface area contributed by atoms with Gasteiger partial charge >= 0.3 is 0 Å². The van der Waals surface area contributed by atoms with E-state index in [0.717, 1.165) is 28.0 Å². The van der Waals surface area contributed by atoms with E-state index in [4.69, 9.17) is 5.11 Å². The third-order valence-electron chi connectivity index (χ3n) is 3.40. The van der Waals surface area contributed by atoms with E-state index in [1.54, 1.807) is 0 Å². The Labute approximate surface area is 123 Å². The SMILES string of the molecule is Cn1c(-c2ccc(C#CCCO)cc2)nc2ccccc21. The molecule has 0 spiro atoms. The Kier molecular flexibility index (Phi) is 3.72. The van der Waals surface area contributed by atoms with Crippen molar-refractivity contribution >= 4 is 11.0 Å². The van der Waals surface area contributed by atoms with Crippen molar-refractivity contribution in [2.45, 2.75) is 6.42 Å². The summed E-state index contributed by atoms with van der Waals surface area (Å²) in [6, 6.07) is 16.1. The van der Waals surface area contributed by atoms with Gasteiger partial charge in [0.15, 0.2) is 0 Å². The van der Waals surface area contributed by atoms with Crippen LogP contribution >= 0.6 is 0 Å². The molecule has 104 valence electrons. The molecule has 1 heterocycles. The molecule has 0 bridgehead atoms. The summed E-state index contributed by atoms with van der Waals surface area (Å²) in [6.45, 7) is 0.102. The second-order valence-electron chi connectivity index (χ2n) is 4.84. The summed E-state index contributed by atoms with van der Waals surface area (Å²) in [5.74, 6) is 6.90. The molecule has 3 nitrogen and oxygen atoms in total. The van der Waals surface area contributed by atoms with E-state index in [2.05, 4.69) is 27.5 Å². The van der Waals surface area contributed by atoms with Gasteiger partial charge in [-0.2, -0.15) is 0 Å². The van der Waals surface area contributed by atoms with Crippen LogP contribution in [-0.4, -0.2) is 21.3 Å². The number of hydrogen-bond donors (Lipinski definition) is 1. The van der Waals surface area contributed by atoms with E-state index in [1.165, 1.54) is 0 Å². The molecule has 0 aliphatic carbocycles. The van der Waals surface area contributed by atoms with Crippen LogP contribution in [0.1, 0.15) is 12.0 Å². The van der Waals surface area contributed by atoms with Crippen LogP contribution in [0, 0.1) is 11.8 Å². The molecule has 2 aromatic carbocycles. The normalized spacial score (nSPS) is 10.4. The van der Waals surface area contributed by atoms with E-state index in [9.17, 15) is 0 Å². The molecule has 0 saturated carbocycles. The van der Waals surface area contributed by atoms with Crippen molar-refractivity contribution in [2.75, 3.05) is 6.61 Å². The first-order valence-corrected chi connectivity index (χ1v) is 6.91. The van der Waals surface area contributed by atoms with Crippen LogP contribution in [0.15, 0.2) is 48.5 Å². The minimum Gasteiger partial charge on any atom is -0.395 e. The lowest BCUT2D eigenvalue weighted by Crippen LogP contribution is -1.92. The molecule has 0 radical (unpaired) electrons. The van der Waals surface area contributed by atoms with Gasteiger partial charge < -0.3 is 9.67 Å². The van der Waals surface area contributed by atoms with E-state index in [0.29, 0.717) is 6.42 Å². The van der Waals surface area contributed by atoms with Crippen molar-refractivity contribution in [3.63, 3.8) is 0 Å². The fraction of sp³-hybridized carbons (Fsp3) is 0.167. The van der Waals surface area contributed by atoms with Gasteiger partial charge in [-0.1, -0.05) is 36.1 Å². The topological polar surface area (TPSA) is 38.0 Å². The van der Waals surface area contributed by atoms with Gasteiger partial charge in [0, 0.05) is 24.6 Å². The summed E-state index contributed by atoms with van der Waals surface area (Å²) in [5.41, 5.74) is 4.15. The van der Waals surface area contributed by atoms with Crippen molar-refractivity contribution in [3.8, 4) is 23.2 Å². The van der Waals surface area contributed by atoms with Gasteiger partial charge in [0.25, 0.3) is 0 Å². The third kappa shape index (κ3) is 2.67. The average molecular weight is 276 g/mol. The molecule has 3 aromatic rings. The van der Waals surface area contributed by atoms with E-state index >= 15 is 0 Å². The Balaban J connectivity index is 1.96. The van der Waals surface area contributed by atoms with Gasteiger partial charge in [-0.3, -0.25) is 0 Å². The minimum absolute atomic E-state index is 0.102. The second kappa shape index (κ2) is 5.82. The maximum atomic E-state index is 8.72. The molecule has 0 saturated heterocycles. The maximum Gasteiger partial charge on any atom is 0.140 e. The van der Waals surface area contributed by atoms with Crippen molar-refractivity contribution in [2.24, 2.45) is 7.05 Å². The second-order valence-corrected chi connectivity index (χ2v) is 4.84. The number of para-hydroxylation sites is 2. The molecule has 1 N–H and O–H groups in total. The highest BCUT2D eigenvalue weighted by Gasteiger charge is 2.08. The fourth-order valence-electron chi connectivity index (χ4n) is 2.33. The predicted molar refractivity (Wildman–Crippen MR) is 84.7 cm³/mol. The van der Waals surface area contributed by atoms with Crippen LogP contribution in [0.4, 0.5) is 0 Å². The number of aliphatic hydroxyl groups is 1. The molecule has 0 unspecified atom stereocenters. The number of aryl methyl sites for hydroxylation is 1. The summed E-state index contributed by atoms with van der Waals surface area (Å²) < 4.78 is 2.10. The van der Waals surface area contributed by atoms with Crippen LogP contribution in [-0.2, 0) is 7.05 Å². The summed E-state index contributed by atoms with van der Waals surface area (Å²) in [4.78, 5) is 4.68. The summed E-state index contributed by atoms with van der Waals surface area (Å²) in [7, 11) is 2.03. The molecular formula is C18H16N2O. The van der Waals surface area contributed by atoms with Crippen molar-refractivity contribution < 1.29 is 5.11 Å². The van der Waals surface area contributed by atoms with Crippen LogP contribution in [0.5, 0.6) is 0 Å². The van der Waals surface area contributed by atoms with E-state index in [-0.39, 0.29) is 6.61 Å². The van der Waals surface area contributed by atoms with Gasteiger partial charge in [-0.05, 0) is 24.3 Å². The lowest BCUT2D eigenvalue weighted by Gasteiger charge is -2.02. The molecule has 0 aliphatic heterocycles. The number of nitrogens with zero attached hydrogens (tertiary/aromatic N) is 2. The maximum absolute atomic E-state index is 8.72. The number of fused-ring (bicyclic) bond motifs is 1. The number of aromatic nitrogens is 2. The van der Waals surface area contributed by atoms with Gasteiger partial charge in [-0.25, -0.2) is 4.98 Å². The Bertz CT molecular complexity index is 820. The zero-order valence-electron chi connectivity index (χ0n) is 11.9. The first-order valence-electron chi connectivity index (χ1n) is 6.91. The van der Waals surface area contributed by atoms with E-state index in [1.807, 2.05) is 49.5 Å². The zero-order chi connectivity index (χ0) is 14.7. The van der Waals surface area contributed by atoms with Crippen LogP contribution in [0.2, 0.25) is 0 Å². The Morgan fingerprint density at radius 1 is 1.10 bits per heavy atom. The van der Waals surface area contributed by atoms with E-state index < -0.39 is 0 Å². The van der Waals surface area contributed by atoms with Crippen molar-refractivity contribution in [1.29, 1.82) is 0 Å². The number of aliphatic hydroxyl groups excluding tert-OH is 1.